The van der Waals surface area contributed by atoms with E-state index in [1.54, 1.807) is 25.1 Å². The van der Waals surface area contributed by atoms with Crippen molar-refractivity contribution in [2.45, 2.75) is 26.7 Å². The highest BCUT2D eigenvalue weighted by Crippen LogP contribution is 2.31. The Kier molecular flexibility index (Phi) is 6.36. The number of esters is 1. The van der Waals surface area contributed by atoms with Crippen molar-refractivity contribution in [1.82, 2.24) is 0 Å². The standard InChI is InChI=1S/C26H24O3/c1-4-29-26(28)23-14-10-21(11-15-23)7-6-20-8-12-22(13-9-20)19(3)24-16-5-18(2)17-25(24)27/h5,8-17,19,27H,4H2,1-3H3. The Morgan fingerprint density at radius 1 is 0.966 bits per heavy atom. The molecule has 0 aromatic heterocycles. The zero-order valence-electron chi connectivity index (χ0n) is 16.9. The summed E-state index contributed by atoms with van der Waals surface area (Å²) in [6, 6.07) is 20.9. The normalized spacial score (nSPS) is 11.3. The van der Waals surface area contributed by atoms with Crippen molar-refractivity contribution in [1.29, 1.82) is 0 Å². The van der Waals surface area contributed by atoms with Gasteiger partial charge in [-0.15, -0.1) is 0 Å². The number of aryl methyl sites for hydroxylation is 1. The average Bonchev–Trinajstić information content (AvgIpc) is 2.73. The van der Waals surface area contributed by atoms with E-state index in [1.807, 2.05) is 55.5 Å². The van der Waals surface area contributed by atoms with E-state index in [-0.39, 0.29) is 11.9 Å². The first-order valence-corrected chi connectivity index (χ1v) is 9.66. The molecule has 29 heavy (non-hydrogen) atoms. The van der Waals surface area contributed by atoms with Crippen LogP contribution in [0.15, 0.2) is 66.7 Å². The molecule has 0 bridgehead atoms. The van der Waals surface area contributed by atoms with Gasteiger partial charge in [-0.1, -0.05) is 43.0 Å². The fraction of sp³-hybridized carbons (Fsp3) is 0.192. The molecule has 0 heterocycles. The predicted molar refractivity (Wildman–Crippen MR) is 115 cm³/mol. The molecule has 3 heteroatoms. The second-order valence-electron chi connectivity index (χ2n) is 6.95. The Labute approximate surface area is 172 Å². The van der Waals surface area contributed by atoms with Crippen LogP contribution in [-0.2, 0) is 4.74 Å². The van der Waals surface area contributed by atoms with Gasteiger partial charge in [0.25, 0.3) is 0 Å². The van der Waals surface area contributed by atoms with Gasteiger partial charge in [-0.3, -0.25) is 0 Å². The molecular weight excluding hydrogens is 360 g/mol. The van der Waals surface area contributed by atoms with E-state index in [9.17, 15) is 9.90 Å². The first kappa shape index (κ1) is 20.2. The highest BCUT2D eigenvalue weighted by atomic mass is 16.5. The molecule has 0 spiro atoms. The van der Waals surface area contributed by atoms with Crippen LogP contribution in [0, 0.1) is 18.8 Å². The van der Waals surface area contributed by atoms with E-state index >= 15 is 0 Å². The molecule has 0 aliphatic heterocycles. The van der Waals surface area contributed by atoms with Gasteiger partial charge in [0.1, 0.15) is 5.75 Å². The summed E-state index contributed by atoms with van der Waals surface area (Å²) >= 11 is 0. The molecule has 1 N–H and O–H groups in total. The number of hydrogen-bond donors (Lipinski definition) is 1. The molecule has 0 saturated heterocycles. The molecule has 146 valence electrons. The van der Waals surface area contributed by atoms with Crippen molar-refractivity contribution >= 4 is 5.97 Å². The molecule has 0 saturated carbocycles. The van der Waals surface area contributed by atoms with Crippen LogP contribution in [0.3, 0.4) is 0 Å². The van der Waals surface area contributed by atoms with E-state index in [4.69, 9.17) is 4.74 Å². The second kappa shape index (κ2) is 9.12. The highest BCUT2D eigenvalue weighted by molar-refractivity contribution is 5.89. The van der Waals surface area contributed by atoms with Crippen molar-refractivity contribution in [3.8, 4) is 17.6 Å². The number of benzene rings is 3. The summed E-state index contributed by atoms with van der Waals surface area (Å²) in [5.74, 6) is 6.35. The fourth-order valence-corrected chi connectivity index (χ4v) is 3.10. The van der Waals surface area contributed by atoms with Gasteiger partial charge in [0.05, 0.1) is 12.2 Å². The number of rotatable bonds is 4. The minimum atomic E-state index is -0.323. The second-order valence-corrected chi connectivity index (χ2v) is 6.95. The van der Waals surface area contributed by atoms with Crippen LogP contribution in [0.5, 0.6) is 5.75 Å². The summed E-state index contributed by atoms with van der Waals surface area (Å²) in [5, 5.41) is 10.2. The van der Waals surface area contributed by atoms with Crippen molar-refractivity contribution < 1.29 is 14.6 Å². The van der Waals surface area contributed by atoms with Crippen LogP contribution in [0.1, 0.15) is 57.9 Å². The molecule has 0 amide bonds. The third-order valence-electron chi connectivity index (χ3n) is 4.81. The van der Waals surface area contributed by atoms with Gasteiger partial charge in [-0.25, -0.2) is 4.79 Å². The van der Waals surface area contributed by atoms with Crippen LogP contribution >= 0.6 is 0 Å². The molecule has 3 nitrogen and oxygen atoms in total. The monoisotopic (exact) mass is 384 g/mol. The minimum absolute atomic E-state index is 0.0908. The van der Waals surface area contributed by atoms with Crippen LogP contribution in [-0.4, -0.2) is 17.7 Å². The molecule has 0 radical (unpaired) electrons. The molecule has 1 unspecified atom stereocenters. The summed E-state index contributed by atoms with van der Waals surface area (Å²) in [6.07, 6.45) is 0. The smallest absolute Gasteiger partial charge is 0.338 e. The maximum absolute atomic E-state index is 11.7. The average molecular weight is 384 g/mol. The zero-order valence-corrected chi connectivity index (χ0v) is 16.9. The molecule has 1 atom stereocenters. The van der Waals surface area contributed by atoms with Crippen molar-refractivity contribution in [2.75, 3.05) is 6.61 Å². The number of hydrogen-bond acceptors (Lipinski definition) is 3. The lowest BCUT2D eigenvalue weighted by molar-refractivity contribution is 0.0526. The Morgan fingerprint density at radius 2 is 1.55 bits per heavy atom. The molecule has 3 rings (SSSR count). The Bertz CT molecular complexity index is 1050. The first-order valence-electron chi connectivity index (χ1n) is 9.66. The van der Waals surface area contributed by atoms with Gasteiger partial charge >= 0.3 is 5.97 Å². The topological polar surface area (TPSA) is 46.5 Å². The Balaban J connectivity index is 1.72. The number of aromatic hydroxyl groups is 1. The van der Waals surface area contributed by atoms with Gasteiger partial charge < -0.3 is 9.84 Å². The van der Waals surface area contributed by atoms with Crippen LogP contribution < -0.4 is 0 Å². The minimum Gasteiger partial charge on any atom is -0.508 e. The number of phenols is 1. The molecule has 0 aliphatic carbocycles. The van der Waals surface area contributed by atoms with Gasteiger partial charge in [0.2, 0.25) is 0 Å². The molecular formula is C26H24O3. The third kappa shape index (κ3) is 5.06. The number of phenolic OH excluding ortho intramolecular Hbond substituents is 1. The number of carbonyl (C=O) groups excluding carboxylic acids is 1. The van der Waals surface area contributed by atoms with E-state index in [1.165, 1.54) is 0 Å². The van der Waals surface area contributed by atoms with Crippen LogP contribution in [0.2, 0.25) is 0 Å². The van der Waals surface area contributed by atoms with Crippen LogP contribution in [0.25, 0.3) is 0 Å². The predicted octanol–water partition coefficient (Wildman–Crippen LogP) is 5.43. The lowest BCUT2D eigenvalue weighted by atomic mass is 9.91. The van der Waals surface area contributed by atoms with Crippen LogP contribution in [0.4, 0.5) is 0 Å². The summed E-state index contributed by atoms with van der Waals surface area (Å²) in [4.78, 5) is 11.7. The highest BCUT2D eigenvalue weighted by Gasteiger charge is 2.12. The van der Waals surface area contributed by atoms with E-state index in [2.05, 4.69) is 18.8 Å². The van der Waals surface area contributed by atoms with Crippen molar-refractivity contribution in [2.24, 2.45) is 0 Å². The van der Waals surface area contributed by atoms with Gasteiger partial charge in [0.15, 0.2) is 0 Å². The quantitative estimate of drug-likeness (QED) is 0.482. The van der Waals surface area contributed by atoms with E-state index in [0.717, 1.165) is 27.8 Å². The summed E-state index contributed by atoms with van der Waals surface area (Å²) < 4.78 is 4.98. The largest absolute Gasteiger partial charge is 0.508 e. The summed E-state index contributed by atoms with van der Waals surface area (Å²) in [7, 11) is 0. The van der Waals surface area contributed by atoms with E-state index < -0.39 is 0 Å². The molecule has 3 aromatic rings. The van der Waals surface area contributed by atoms with Crippen molar-refractivity contribution in [3.63, 3.8) is 0 Å². The zero-order chi connectivity index (χ0) is 20.8. The van der Waals surface area contributed by atoms with Crippen molar-refractivity contribution in [3.05, 3.63) is 100 Å². The van der Waals surface area contributed by atoms with Gasteiger partial charge in [-0.2, -0.15) is 0 Å². The molecule has 0 aliphatic rings. The molecule has 0 fully saturated rings. The first-order chi connectivity index (χ1) is 14.0. The third-order valence-corrected chi connectivity index (χ3v) is 4.81. The Hall–Kier alpha value is -3.51. The maximum atomic E-state index is 11.7. The lowest BCUT2D eigenvalue weighted by Crippen LogP contribution is -2.04. The number of ether oxygens (including phenoxy) is 1. The molecule has 3 aromatic carbocycles. The fourth-order valence-electron chi connectivity index (χ4n) is 3.10. The van der Waals surface area contributed by atoms with Gasteiger partial charge in [-0.05, 0) is 67.4 Å². The van der Waals surface area contributed by atoms with E-state index in [0.29, 0.717) is 17.9 Å². The number of carbonyl (C=O) groups is 1. The summed E-state index contributed by atoms with van der Waals surface area (Å²) in [6.45, 7) is 6.19. The SMILES string of the molecule is CCOC(=O)c1ccc(C#Cc2ccc(C(C)c3ccc(C)cc3O)cc2)cc1. The lowest BCUT2D eigenvalue weighted by Gasteiger charge is -2.14. The maximum Gasteiger partial charge on any atom is 0.338 e. The Morgan fingerprint density at radius 3 is 2.10 bits per heavy atom. The van der Waals surface area contributed by atoms with Gasteiger partial charge in [0, 0.05) is 22.6 Å². The summed E-state index contributed by atoms with van der Waals surface area (Å²) in [5.41, 5.74) is 5.34.